The number of halogens is 1. The Labute approximate surface area is 124 Å². The largest absolute Gasteiger partial charge is 0.384 e. The van der Waals surface area contributed by atoms with Gasteiger partial charge in [-0.3, -0.25) is 4.79 Å². The number of piperidine rings is 1. The molecule has 0 aliphatic carbocycles. The van der Waals surface area contributed by atoms with E-state index in [0.29, 0.717) is 23.9 Å². The number of likely N-dealkylation sites (tertiary alicyclic amines) is 1. The van der Waals surface area contributed by atoms with Gasteiger partial charge in [0, 0.05) is 19.7 Å². The highest BCUT2D eigenvalue weighted by atomic mass is 35.5. The predicted molar refractivity (Wildman–Crippen MR) is 78.8 cm³/mol. The number of nitrogen functional groups attached to an aromatic ring is 1. The third kappa shape index (κ3) is 3.61. The average molecular weight is 298 g/mol. The standard InChI is InChI=1S/C14H20ClN3O2/c1-2-8-20-10-4-3-7-18(9-10)14(19)13-11(15)5-6-12(16)17-13/h5-6,10H,2-4,7-9H2,1H3,(H2,16,17). The van der Waals surface area contributed by atoms with E-state index >= 15 is 0 Å². The summed E-state index contributed by atoms with van der Waals surface area (Å²) in [6.45, 7) is 4.09. The lowest BCUT2D eigenvalue weighted by molar-refractivity contribution is 0.00193. The maximum absolute atomic E-state index is 12.5. The van der Waals surface area contributed by atoms with E-state index in [1.807, 2.05) is 0 Å². The van der Waals surface area contributed by atoms with Gasteiger partial charge in [-0.2, -0.15) is 0 Å². The molecule has 1 aliphatic heterocycles. The van der Waals surface area contributed by atoms with Crippen molar-refractivity contribution in [3.05, 3.63) is 22.8 Å². The number of ether oxygens (including phenoxy) is 1. The molecule has 1 aromatic rings. The van der Waals surface area contributed by atoms with Crippen LogP contribution in [-0.2, 0) is 4.74 Å². The molecule has 0 aromatic carbocycles. The molecule has 2 rings (SSSR count). The van der Waals surface area contributed by atoms with Gasteiger partial charge >= 0.3 is 0 Å². The quantitative estimate of drug-likeness (QED) is 0.926. The zero-order valence-electron chi connectivity index (χ0n) is 11.6. The molecule has 20 heavy (non-hydrogen) atoms. The number of anilines is 1. The van der Waals surface area contributed by atoms with Crippen LogP contribution in [0.4, 0.5) is 5.82 Å². The van der Waals surface area contributed by atoms with Crippen LogP contribution in [-0.4, -0.2) is 41.6 Å². The molecule has 0 bridgehead atoms. The van der Waals surface area contributed by atoms with Crippen LogP contribution >= 0.6 is 11.6 Å². The third-order valence-corrected chi connectivity index (χ3v) is 3.60. The molecule has 110 valence electrons. The molecule has 1 unspecified atom stereocenters. The summed E-state index contributed by atoms with van der Waals surface area (Å²) in [4.78, 5) is 18.3. The number of nitrogens with two attached hydrogens (primary N) is 1. The number of hydrogen-bond acceptors (Lipinski definition) is 4. The number of rotatable bonds is 4. The Morgan fingerprint density at radius 3 is 3.15 bits per heavy atom. The summed E-state index contributed by atoms with van der Waals surface area (Å²) >= 11 is 6.03. The molecule has 0 radical (unpaired) electrons. The fraction of sp³-hybridized carbons (Fsp3) is 0.571. The second kappa shape index (κ2) is 6.90. The molecular formula is C14H20ClN3O2. The molecule has 1 aliphatic rings. The van der Waals surface area contributed by atoms with Crippen LogP contribution in [0.1, 0.15) is 36.7 Å². The molecule has 0 spiro atoms. The summed E-state index contributed by atoms with van der Waals surface area (Å²) in [6.07, 6.45) is 3.00. The topological polar surface area (TPSA) is 68.5 Å². The maximum Gasteiger partial charge on any atom is 0.274 e. The van der Waals surface area contributed by atoms with Gasteiger partial charge in [-0.05, 0) is 31.4 Å². The number of carbonyl (C=O) groups is 1. The van der Waals surface area contributed by atoms with Crippen molar-refractivity contribution in [3.8, 4) is 0 Å². The average Bonchev–Trinajstić information content (AvgIpc) is 2.47. The minimum Gasteiger partial charge on any atom is -0.384 e. The minimum atomic E-state index is -0.174. The first-order valence-electron chi connectivity index (χ1n) is 6.94. The normalized spacial score (nSPS) is 19.1. The Morgan fingerprint density at radius 1 is 1.60 bits per heavy atom. The molecule has 2 N–H and O–H groups in total. The van der Waals surface area contributed by atoms with Gasteiger partial charge in [0.25, 0.3) is 5.91 Å². The lowest BCUT2D eigenvalue weighted by Crippen LogP contribution is -2.43. The fourth-order valence-corrected chi connectivity index (χ4v) is 2.49. The first kappa shape index (κ1) is 15.1. The van der Waals surface area contributed by atoms with Crippen molar-refractivity contribution in [1.82, 2.24) is 9.88 Å². The van der Waals surface area contributed by atoms with Gasteiger partial charge in [0.1, 0.15) is 11.5 Å². The molecule has 6 heteroatoms. The minimum absolute atomic E-state index is 0.104. The van der Waals surface area contributed by atoms with Gasteiger partial charge < -0.3 is 15.4 Å². The van der Waals surface area contributed by atoms with Gasteiger partial charge in [0.2, 0.25) is 0 Å². The van der Waals surface area contributed by atoms with Crippen LogP contribution < -0.4 is 5.73 Å². The molecule has 1 saturated heterocycles. The zero-order chi connectivity index (χ0) is 14.5. The van der Waals surface area contributed by atoms with Crippen molar-refractivity contribution < 1.29 is 9.53 Å². The van der Waals surface area contributed by atoms with E-state index < -0.39 is 0 Å². The molecule has 0 saturated carbocycles. The Bertz CT molecular complexity index is 481. The summed E-state index contributed by atoms with van der Waals surface area (Å²) in [5.74, 6) is 0.126. The van der Waals surface area contributed by atoms with Gasteiger partial charge in [-0.15, -0.1) is 0 Å². The van der Waals surface area contributed by atoms with Crippen LogP contribution in [0.2, 0.25) is 5.02 Å². The van der Waals surface area contributed by atoms with Crippen molar-refractivity contribution in [2.75, 3.05) is 25.4 Å². The van der Waals surface area contributed by atoms with Crippen molar-refractivity contribution in [2.24, 2.45) is 0 Å². The molecule has 1 aromatic heterocycles. The lowest BCUT2D eigenvalue weighted by atomic mass is 10.1. The molecule has 5 nitrogen and oxygen atoms in total. The number of aromatic nitrogens is 1. The summed E-state index contributed by atoms with van der Waals surface area (Å²) in [7, 11) is 0. The van der Waals surface area contributed by atoms with Crippen LogP contribution in [0.15, 0.2) is 12.1 Å². The van der Waals surface area contributed by atoms with Crippen LogP contribution in [0, 0.1) is 0 Å². The molecule has 1 atom stereocenters. The van der Waals surface area contributed by atoms with Gasteiger partial charge in [0.15, 0.2) is 0 Å². The summed E-state index contributed by atoms with van der Waals surface area (Å²) in [5.41, 5.74) is 5.85. The number of nitrogens with zero attached hydrogens (tertiary/aromatic N) is 2. The van der Waals surface area contributed by atoms with Crippen molar-refractivity contribution >= 4 is 23.3 Å². The van der Waals surface area contributed by atoms with Crippen molar-refractivity contribution in [3.63, 3.8) is 0 Å². The highest BCUT2D eigenvalue weighted by molar-refractivity contribution is 6.33. The van der Waals surface area contributed by atoms with Crippen LogP contribution in [0.25, 0.3) is 0 Å². The molecule has 1 amide bonds. The Kier molecular flexibility index (Phi) is 5.20. The SMILES string of the molecule is CCCOC1CCCN(C(=O)c2nc(N)ccc2Cl)C1. The van der Waals surface area contributed by atoms with Gasteiger partial charge in [0.05, 0.1) is 11.1 Å². The van der Waals surface area contributed by atoms with E-state index in [1.54, 1.807) is 17.0 Å². The molecule has 1 fully saturated rings. The summed E-state index contributed by atoms with van der Waals surface area (Å²) in [5, 5.41) is 0.334. The van der Waals surface area contributed by atoms with E-state index in [4.69, 9.17) is 22.1 Å². The molecular weight excluding hydrogens is 278 g/mol. The van der Waals surface area contributed by atoms with Crippen molar-refractivity contribution in [2.45, 2.75) is 32.3 Å². The third-order valence-electron chi connectivity index (χ3n) is 3.29. The second-order valence-electron chi connectivity index (χ2n) is 4.95. The van der Waals surface area contributed by atoms with E-state index in [-0.39, 0.29) is 17.7 Å². The van der Waals surface area contributed by atoms with E-state index in [1.165, 1.54) is 0 Å². The Hall–Kier alpha value is -1.33. The Morgan fingerprint density at radius 2 is 2.40 bits per heavy atom. The first-order valence-corrected chi connectivity index (χ1v) is 7.32. The number of amides is 1. The van der Waals surface area contributed by atoms with E-state index in [0.717, 1.165) is 25.9 Å². The van der Waals surface area contributed by atoms with E-state index in [2.05, 4.69) is 11.9 Å². The summed E-state index contributed by atoms with van der Waals surface area (Å²) < 4.78 is 5.73. The van der Waals surface area contributed by atoms with Gasteiger partial charge in [-0.1, -0.05) is 18.5 Å². The van der Waals surface area contributed by atoms with E-state index in [9.17, 15) is 4.79 Å². The number of pyridine rings is 1. The van der Waals surface area contributed by atoms with Gasteiger partial charge in [-0.25, -0.2) is 4.98 Å². The second-order valence-corrected chi connectivity index (χ2v) is 5.36. The highest BCUT2D eigenvalue weighted by Crippen LogP contribution is 2.20. The first-order chi connectivity index (χ1) is 9.61. The number of carbonyl (C=O) groups excluding carboxylic acids is 1. The number of hydrogen-bond donors (Lipinski definition) is 1. The van der Waals surface area contributed by atoms with Crippen LogP contribution in [0.5, 0.6) is 0 Å². The zero-order valence-corrected chi connectivity index (χ0v) is 12.4. The van der Waals surface area contributed by atoms with Crippen LogP contribution in [0.3, 0.4) is 0 Å². The smallest absolute Gasteiger partial charge is 0.274 e. The summed E-state index contributed by atoms with van der Waals surface area (Å²) in [6, 6.07) is 3.19. The predicted octanol–water partition coefficient (Wildman–Crippen LogP) is 2.35. The maximum atomic E-state index is 12.5. The molecule has 2 heterocycles. The highest BCUT2D eigenvalue weighted by Gasteiger charge is 2.26. The monoisotopic (exact) mass is 297 g/mol. The Balaban J connectivity index is 2.06. The fourth-order valence-electron chi connectivity index (χ4n) is 2.30. The lowest BCUT2D eigenvalue weighted by Gasteiger charge is -2.32. The van der Waals surface area contributed by atoms with Crippen molar-refractivity contribution in [1.29, 1.82) is 0 Å².